The highest BCUT2D eigenvalue weighted by molar-refractivity contribution is 6.07. The molecule has 4 aromatic rings. The molecule has 0 spiro atoms. The average molecular weight is 380 g/mol. The molecule has 1 N–H and O–H groups in total. The van der Waals surface area contributed by atoms with Crippen molar-refractivity contribution in [2.24, 2.45) is 0 Å². The Morgan fingerprint density at radius 2 is 1.62 bits per heavy atom. The summed E-state index contributed by atoms with van der Waals surface area (Å²) in [5, 5.41) is 14.2. The van der Waals surface area contributed by atoms with E-state index in [-0.39, 0.29) is 11.5 Å². The zero-order valence-corrected chi connectivity index (χ0v) is 16.0. The van der Waals surface area contributed by atoms with Crippen LogP contribution in [-0.4, -0.2) is 20.7 Å². The van der Waals surface area contributed by atoms with Crippen molar-refractivity contribution >= 4 is 11.9 Å². The average Bonchev–Trinajstić information content (AvgIpc) is 3.18. The number of aryl methyl sites for hydroxylation is 1. The Morgan fingerprint density at radius 3 is 2.31 bits per heavy atom. The lowest BCUT2D eigenvalue weighted by Gasteiger charge is -2.01. The van der Waals surface area contributed by atoms with E-state index in [2.05, 4.69) is 0 Å². The van der Waals surface area contributed by atoms with Crippen molar-refractivity contribution in [1.82, 2.24) is 9.78 Å². The second-order valence-corrected chi connectivity index (χ2v) is 6.82. The maximum Gasteiger partial charge on any atom is 0.185 e. The summed E-state index contributed by atoms with van der Waals surface area (Å²) >= 11 is 0. The zero-order chi connectivity index (χ0) is 20.2. The monoisotopic (exact) mass is 380 g/mol. The number of carbonyl (C=O) groups is 1. The molecule has 3 aromatic carbocycles. The van der Waals surface area contributed by atoms with Gasteiger partial charge in [0.25, 0.3) is 0 Å². The fourth-order valence-electron chi connectivity index (χ4n) is 3.05. The number of hydrogen-bond donors (Lipinski definition) is 1. The maximum absolute atomic E-state index is 12.5. The van der Waals surface area contributed by atoms with E-state index in [1.165, 1.54) is 23.8 Å². The third-order valence-corrected chi connectivity index (χ3v) is 4.65. The van der Waals surface area contributed by atoms with Crippen LogP contribution in [0.3, 0.4) is 0 Å². The second kappa shape index (κ2) is 7.98. The van der Waals surface area contributed by atoms with Crippen molar-refractivity contribution in [3.8, 4) is 22.7 Å². The Bertz CT molecular complexity index is 1160. The van der Waals surface area contributed by atoms with Gasteiger partial charge in [-0.3, -0.25) is 4.79 Å². The zero-order valence-electron chi connectivity index (χ0n) is 16.0. The lowest BCUT2D eigenvalue weighted by molar-refractivity contribution is 0.104. The number of nitrogens with zero attached hydrogens (tertiary/aromatic N) is 2. The molecule has 0 atom stereocenters. The Balaban J connectivity index is 1.72. The molecule has 0 bridgehead atoms. The van der Waals surface area contributed by atoms with Gasteiger partial charge in [-0.2, -0.15) is 5.10 Å². The molecule has 1 heterocycles. The van der Waals surface area contributed by atoms with Gasteiger partial charge in [-0.15, -0.1) is 0 Å². The summed E-state index contributed by atoms with van der Waals surface area (Å²) in [7, 11) is 0. The third kappa shape index (κ3) is 4.17. The molecule has 4 nitrogen and oxygen atoms in total. The minimum Gasteiger partial charge on any atom is -0.508 e. The molecule has 0 amide bonds. The van der Waals surface area contributed by atoms with Crippen LogP contribution in [-0.2, 0) is 0 Å². The van der Waals surface area contributed by atoms with Gasteiger partial charge in [0, 0.05) is 22.9 Å². The highest BCUT2D eigenvalue weighted by Gasteiger charge is 2.11. The highest BCUT2D eigenvalue weighted by atomic mass is 16.3. The molecule has 0 aliphatic rings. The van der Waals surface area contributed by atoms with E-state index in [0.717, 1.165) is 22.5 Å². The van der Waals surface area contributed by atoms with E-state index in [4.69, 9.17) is 5.10 Å². The van der Waals surface area contributed by atoms with Gasteiger partial charge in [0.1, 0.15) is 5.75 Å². The smallest absolute Gasteiger partial charge is 0.185 e. The summed E-state index contributed by atoms with van der Waals surface area (Å²) in [5.41, 5.74) is 5.29. The number of rotatable bonds is 5. The highest BCUT2D eigenvalue weighted by Crippen LogP contribution is 2.25. The quantitative estimate of drug-likeness (QED) is 0.370. The molecule has 0 saturated carbocycles. The summed E-state index contributed by atoms with van der Waals surface area (Å²) in [4.78, 5) is 12.5. The topological polar surface area (TPSA) is 55.1 Å². The first kappa shape index (κ1) is 18.4. The first-order valence-electron chi connectivity index (χ1n) is 9.34. The Hall–Kier alpha value is -3.92. The summed E-state index contributed by atoms with van der Waals surface area (Å²) in [6.45, 7) is 2.05. The van der Waals surface area contributed by atoms with E-state index in [9.17, 15) is 9.90 Å². The van der Waals surface area contributed by atoms with Crippen molar-refractivity contribution in [2.75, 3.05) is 0 Å². The number of aromatic nitrogens is 2. The van der Waals surface area contributed by atoms with Crippen molar-refractivity contribution in [2.45, 2.75) is 6.92 Å². The number of allylic oxidation sites excluding steroid dienone is 1. The van der Waals surface area contributed by atoms with Gasteiger partial charge in [0.2, 0.25) is 0 Å². The van der Waals surface area contributed by atoms with E-state index in [0.29, 0.717) is 5.56 Å². The van der Waals surface area contributed by atoms with E-state index >= 15 is 0 Å². The molecule has 0 radical (unpaired) electrons. The van der Waals surface area contributed by atoms with Gasteiger partial charge in [0.15, 0.2) is 5.78 Å². The molecule has 0 unspecified atom stereocenters. The minimum atomic E-state index is -0.132. The van der Waals surface area contributed by atoms with Gasteiger partial charge in [0.05, 0.1) is 11.4 Å². The predicted octanol–water partition coefficient (Wildman–Crippen LogP) is 5.45. The molecule has 29 heavy (non-hydrogen) atoms. The number of para-hydroxylation sites is 1. The Morgan fingerprint density at radius 1 is 0.931 bits per heavy atom. The van der Waals surface area contributed by atoms with Crippen LogP contribution in [0.2, 0.25) is 0 Å². The van der Waals surface area contributed by atoms with Crippen LogP contribution in [0, 0.1) is 6.92 Å². The summed E-state index contributed by atoms with van der Waals surface area (Å²) in [6.07, 6.45) is 5.25. The predicted molar refractivity (Wildman–Crippen MR) is 115 cm³/mol. The molecule has 4 rings (SSSR count). The Labute approximate surface area is 169 Å². The minimum absolute atomic E-state index is 0.132. The maximum atomic E-state index is 12.5. The number of carbonyl (C=O) groups excluding carboxylic acids is 1. The fourth-order valence-corrected chi connectivity index (χ4v) is 3.05. The molecule has 0 saturated heterocycles. The normalized spacial score (nSPS) is 11.1. The van der Waals surface area contributed by atoms with Gasteiger partial charge in [-0.1, -0.05) is 48.0 Å². The van der Waals surface area contributed by atoms with Crippen LogP contribution in [0.25, 0.3) is 23.0 Å². The summed E-state index contributed by atoms with van der Waals surface area (Å²) in [5.74, 6) is 0.00337. The van der Waals surface area contributed by atoms with Crippen LogP contribution < -0.4 is 0 Å². The number of phenols is 1. The van der Waals surface area contributed by atoms with Gasteiger partial charge in [-0.25, -0.2) is 4.68 Å². The van der Waals surface area contributed by atoms with Crippen molar-refractivity contribution in [3.63, 3.8) is 0 Å². The van der Waals surface area contributed by atoms with E-state index in [1.54, 1.807) is 18.2 Å². The van der Waals surface area contributed by atoms with Gasteiger partial charge >= 0.3 is 0 Å². The summed E-state index contributed by atoms with van der Waals surface area (Å²) < 4.78 is 1.82. The number of benzene rings is 3. The van der Waals surface area contributed by atoms with Crippen LogP contribution in [0.4, 0.5) is 0 Å². The number of aromatic hydroxyl groups is 1. The Kier molecular flexibility index (Phi) is 5.08. The van der Waals surface area contributed by atoms with Crippen LogP contribution in [0.1, 0.15) is 21.5 Å². The van der Waals surface area contributed by atoms with Crippen LogP contribution >= 0.6 is 0 Å². The van der Waals surface area contributed by atoms with Crippen molar-refractivity contribution in [3.05, 3.63) is 108 Å². The molecule has 142 valence electrons. The third-order valence-electron chi connectivity index (χ3n) is 4.65. The van der Waals surface area contributed by atoms with Gasteiger partial charge in [-0.05, 0) is 55.5 Å². The van der Waals surface area contributed by atoms with Crippen molar-refractivity contribution < 1.29 is 9.90 Å². The number of phenolic OH excluding ortho intramolecular Hbond substituents is 1. The molecular weight excluding hydrogens is 360 g/mol. The largest absolute Gasteiger partial charge is 0.508 e. The lowest BCUT2D eigenvalue weighted by atomic mass is 10.0. The lowest BCUT2D eigenvalue weighted by Crippen LogP contribution is -1.93. The summed E-state index contributed by atoms with van der Waals surface area (Å²) in [6, 6.07) is 24.3. The van der Waals surface area contributed by atoms with Gasteiger partial charge < -0.3 is 5.11 Å². The van der Waals surface area contributed by atoms with Crippen molar-refractivity contribution in [1.29, 1.82) is 0 Å². The first-order chi connectivity index (χ1) is 14.1. The SMILES string of the molecule is Cc1ccc(-c2nn(-c3ccccc3)cc2/C=C/C(=O)c2ccc(O)cc2)cc1. The standard InChI is InChI=1S/C25H20N2O2/c1-18-7-9-20(10-8-18)25-21(17-27(26-25)22-5-3-2-4-6-22)13-16-24(29)19-11-14-23(28)15-12-19/h2-17,28H,1H3/b16-13+. The fraction of sp³-hybridized carbons (Fsp3) is 0.0400. The van der Waals surface area contributed by atoms with Crippen LogP contribution in [0.5, 0.6) is 5.75 Å². The van der Waals surface area contributed by atoms with Crippen LogP contribution in [0.15, 0.2) is 91.1 Å². The molecule has 0 aliphatic heterocycles. The molecule has 1 aromatic heterocycles. The van der Waals surface area contributed by atoms with E-state index < -0.39 is 0 Å². The molecule has 0 aliphatic carbocycles. The number of ketones is 1. The number of hydrogen-bond acceptors (Lipinski definition) is 3. The first-order valence-corrected chi connectivity index (χ1v) is 9.34. The molecule has 4 heteroatoms. The molecular formula is C25H20N2O2. The second-order valence-electron chi connectivity index (χ2n) is 6.82. The van der Waals surface area contributed by atoms with E-state index in [1.807, 2.05) is 72.4 Å². The molecule has 0 fully saturated rings.